The van der Waals surface area contributed by atoms with Crippen LogP contribution in [0.5, 0.6) is 0 Å². The van der Waals surface area contributed by atoms with Crippen molar-refractivity contribution in [3.05, 3.63) is 243 Å². The molecule has 0 atom stereocenters. The molecule has 0 saturated carbocycles. The number of benzene rings is 8. The molecule has 1 heteroatoms. The number of hydrogen-bond acceptors (Lipinski definition) is 0. The minimum Gasteiger partial charge on any atom is -0.0622 e. The van der Waals surface area contributed by atoms with E-state index in [2.05, 4.69) is 194 Å². The zero-order chi connectivity index (χ0) is 32.9. The van der Waals surface area contributed by atoms with Crippen molar-refractivity contribution in [1.29, 1.82) is 0 Å². The van der Waals surface area contributed by atoms with Gasteiger partial charge in [0.1, 0.15) is 0 Å². The van der Waals surface area contributed by atoms with Crippen LogP contribution in [0.1, 0.15) is 0 Å². The third-order valence-corrected chi connectivity index (χ3v) is 7.52. The maximum atomic E-state index is 2.12. The highest BCUT2D eigenvalue weighted by Crippen LogP contribution is 2.20. The SMILES string of the molecule is [B].c1ccc(-c2ccccc2)cc1.c1ccc(-c2ccccc2)cc1.c1ccc(-c2ccccc2)cc1.c1ccc(-c2ccccc2)cc1. The minimum atomic E-state index is 0. The summed E-state index contributed by atoms with van der Waals surface area (Å²) in [6.07, 6.45) is 0. The highest BCUT2D eigenvalue weighted by atomic mass is 14.0. The van der Waals surface area contributed by atoms with E-state index >= 15 is 0 Å². The molecule has 0 fully saturated rings. The average Bonchev–Trinajstić information content (AvgIpc) is 3.21. The van der Waals surface area contributed by atoms with E-state index in [9.17, 15) is 0 Å². The van der Waals surface area contributed by atoms with Crippen molar-refractivity contribution in [3.63, 3.8) is 0 Å². The summed E-state index contributed by atoms with van der Waals surface area (Å²) in [7, 11) is 0. The van der Waals surface area contributed by atoms with Crippen LogP contribution in [0.2, 0.25) is 0 Å². The maximum Gasteiger partial charge on any atom is 0 e. The number of hydrogen-bond donors (Lipinski definition) is 0. The predicted octanol–water partition coefficient (Wildman–Crippen LogP) is 13.0. The molecule has 0 N–H and O–H groups in total. The van der Waals surface area contributed by atoms with Crippen LogP contribution in [0.3, 0.4) is 0 Å². The molecule has 3 radical (unpaired) electrons. The van der Waals surface area contributed by atoms with Gasteiger partial charge < -0.3 is 0 Å². The molecule has 8 aromatic rings. The summed E-state index contributed by atoms with van der Waals surface area (Å²) in [5.74, 6) is 0. The molecule has 49 heavy (non-hydrogen) atoms. The molecule has 8 rings (SSSR count). The highest BCUT2D eigenvalue weighted by molar-refractivity contribution is 5.75. The van der Waals surface area contributed by atoms with Gasteiger partial charge in [-0.1, -0.05) is 243 Å². The van der Waals surface area contributed by atoms with Crippen molar-refractivity contribution >= 4 is 8.41 Å². The molecule has 0 aliphatic carbocycles. The van der Waals surface area contributed by atoms with E-state index in [-0.39, 0.29) is 8.41 Å². The Morgan fingerprint density at radius 2 is 0.204 bits per heavy atom. The van der Waals surface area contributed by atoms with Crippen molar-refractivity contribution in [3.8, 4) is 44.5 Å². The molecule has 0 spiro atoms. The Kier molecular flexibility index (Phi) is 15.2. The monoisotopic (exact) mass is 627 g/mol. The fraction of sp³-hybridized carbons (Fsp3) is 0. The van der Waals surface area contributed by atoms with Gasteiger partial charge in [-0.25, -0.2) is 0 Å². The van der Waals surface area contributed by atoms with Gasteiger partial charge >= 0.3 is 0 Å². The molecular weight excluding hydrogens is 587 g/mol. The predicted molar refractivity (Wildman–Crippen MR) is 213 cm³/mol. The molecular formula is C48H40B. The molecule has 0 unspecified atom stereocenters. The summed E-state index contributed by atoms with van der Waals surface area (Å²) in [6.45, 7) is 0. The first kappa shape index (κ1) is 35.7. The zero-order valence-electron chi connectivity index (χ0n) is 27.7. The Hall–Kier alpha value is -6.18. The Morgan fingerprint density at radius 3 is 0.286 bits per heavy atom. The first-order chi connectivity index (χ1) is 23.9. The lowest BCUT2D eigenvalue weighted by molar-refractivity contribution is 1.62. The lowest BCUT2D eigenvalue weighted by Gasteiger charge is -1.98. The quantitative estimate of drug-likeness (QED) is 0.170. The van der Waals surface area contributed by atoms with Crippen molar-refractivity contribution in [1.82, 2.24) is 0 Å². The van der Waals surface area contributed by atoms with Gasteiger partial charge in [-0.2, -0.15) is 0 Å². The fourth-order valence-electron chi connectivity index (χ4n) is 5.04. The summed E-state index contributed by atoms with van der Waals surface area (Å²) < 4.78 is 0. The number of rotatable bonds is 4. The van der Waals surface area contributed by atoms with Crippen LogP contribution in [0.4, 0.5) is 0 Å². The van der Waals surface area contributed by atoms with Gasteiger partial charge in [0.05, 0.1) is 0 Å². The van der Waals surface area contributed by atoms with Crippen molar-refractivity contribution in [2.45, 2.75) is 0 Å². The largest absolute Gasteiger partial charge is 0.0622 e. The van der Waals surface area contributed by atoms with E-state index in [4.69, 9.17) is 0 Å². The third-order valence-electron chi connectivity index (χ3n) is 7.52. The molecule has 0 aliphatic rings. The molecule has 0 bridgehead atoms. The van der Waals surface area contributed by atoms with Gasteiger partial charge in [0.25, 0.3) is 0 Å². The van der Waals surface area contributed by atoms with E-state index in [1.165, 1.54) is 44.5 Å². The van der Waals surface area contributed by atoms with Gasteiger partial charge in [-0.15, -0.1) is 0 Å². The van der Waals surface area contributed by atoms with Gasteiger partial charge in [0, 0.05) is 8.41 Å². The van der Waals surface area contributed by atoms with Crippen LogP contribution in [0.15, 0.2) is 243 Å². The van der Waals surface area contributed by atoms with E-state index in [1.807, 2.05) is 48.5 Å². The molecule has 0 heterocycles. The highest BCUT2D eigenvalue weighted by Gasteiger charge is 1.94. The first-order valence-electron chi connectivity index (χ1n) is 16.3. The Labute approximate surface area is 294 Å². The molecule has 0 aliphatic heterocycles. The summed E-state index contributed by atoms with van der Waals surface area (Å²) in [4.78, 5) is 0. The van der Waals surface area contributed by atoms with Gasteiger partial charge in [0.2, 0.25) is 0 Å². The second-order valence-corrected chi connectivity index (χ2v) is 10.9. The van der Waals surface area contributed by atoms with Crippen LogP contribution in [-0.4, -0.2) is 8.41 Å². The molecule has 8 aromatic carbocycles. The second kappa shape index (κ2) is 20.8. The molecule has 235 valence electrons. The lowest BCUT2D eigenvalue weighted by Crippen LogP contribution is -1.73. The standard InChI is InChI=1S/4C12H10.B/c4*1-3-7-11(8-4-1)12-9-5-2-6-10-12;/h4*1-10H;. The minimum absolute atomic E-state index is 0. The van der Waals surface area contributed by atoms with Gasteiger partial charge in [0.15, 0.2) is 0 Å². The van der Waals surface area contributed by atoms with Crippen molar-refractivity contribution in [2.75, 3.05) is 0 Å². The Balaban J connectivity index is 0.000000146. The zero-order valence-corrected chi connectivity index (χ0v) is 27.7. The summed E-state index contributed by atoms with van der Waals surface area (Å²) in [5, 5.41) is 0. The Bertz CT molecular complexity index is 1500. The lowest BCUT2D eigenvalue weighted by atomic mass is 10.1. The molecule has 0 aromatic heterocycles. The normalized spacial score (nSPS) is 9.47. The van der Waals surface area contributed by atoms with Gasteiger partial charge in [-0.3, -0.25) is 0 Å². The van der Waals surface area contributed by atoms with Crippen LogP contribution < -0.4 is 0 Å². The average molecular weight is 628 g/mol. The van der Waals surface area contributed by atoms with Crippen LogP contribution in [-0.2, 0) is 0 Å². The molecule has 0 amide bonds. The molecule has 0 nitrogen and oxygen atoms in total. The van der Waals surface area contributed by atoms with E-state index < -0.39 is 0 Å². The van der Waals surface area contributed by atoms with E-state index in [1.54, 1.807) is 0 Å². The molecule has 0 saturated heterocycles. The van der Waals surface area contributed by atoms with Crippen LogP contribution >= 0.6 is 0 Å². The van der Waals surface area contributed by atoms with E-state index in [0.717, 1.165) is 0 Å². The summed E-state index contributed by atoms with van der Waals surface area (Å²) in [5.41, 5.74) is 10.2. The second-order valence-electron chi connectivity index (χ2n) is 10.9. The summed E-state index contributed by atoms with van der Waals surface area (Å²) >= 11 is 0. The van der Waals surface area contributed by atoms with Crippen molar-refractivity contribution in [2.24, 2.45) is 0 Å². The van der Waals surface area contributed by atoms with Crippen LogP contribution in [0.25, 0.3) is 44.5 Å². The topological polar surface area (TPSA) is 0 Å². The fourth-order valence-corrected chi connectivity index (χ4v) is 5.04. The Morgan fingerprint density at radius 1 is 0.122 bits per heavy atom. The van der Waals surface area contributed by atoms with E-state index in [0.29, 0.717) is 0 Å². The first-order valence-corrected chi connectivity index (χ1v) is 16.3. The van der Waals surface area contributed by atoms with Crippen molar-refractivity contribution < 1.29 is 0 Å². The summed E-state index contributed by atoms with van der Waals surface area (Å²) in [6, 6.07) is 83.1. The van der Waals surface area contributed by atoms with Crippen LogP contribution in [0, 0.1) is 0 Å². The maximum absolute atomic E-state index is 2.12. The smallest absolute Gasteiger partial charge is 0 e. The van der Waals surface area contributed by atoms with Gasteiger partial charge in [-0.05, 0) is 44.5 Å². The third kappa shape index (κ3) is 12.2.